The summed E-state index contributed by atoms with van der Waals surface area (Å²) in [6, 6.07) is 7.36. The Hall–Kier alpha value is -1.39. The van der Waals surface area contributed by atoms with Gasteiger partial charge in [-0.2, -0.15) is 0 Å². The highest BCUT2D eigenvalue weighted by Gasteiger charge is 2.31. The molecule has 0 fully saturated rings. The van der Waals surface area contributed by atoms with E-state index < -0.39 is 11.4 Å². The predicted octanol–water partition coefficient (Wildman–Crippen LogP) is 1.19. The smallest absolute Gasteiger partial charge is 0.311 e. The highest BCUT2D eigenvalue weighted by atomic mass is 16.4. The molecule has 1 atom stereocenters. The van der Waals surface area contributed by atoms with Gasteiger partial charge in [0, 0.05) is 0 Å². The van der Waals surface area contributed by atoms with Crippen LogP contribution in [0.15, 0.2) is 24.3 Å². The second-order valence-electron chi connectivity index (χ2n) is 4.50. The summed E-state index contributed by atoms with van der Waals surface area (Å²) in [4.78, 5) is 11.0. The van der Waals surface area contributed by atoms with Crippen LogP contribution >= 0.6 is 0 Å². The summed E-state index contributed by atoms with van der Waals surface area (Å²) in [5.41, 5.74) is 0.746. The van der Waals surface area contributed by atoms with Crippen LogP contribution < -0.4 is 0 Å². The van der Waals surface area contributed by atoms with Crippen molar-refractivity contribution in [3.63, 3.8) is 0 Å². The summed E-state index contributed by atoms with van der Waals surface area (Å²) >= 11 is 0. The molecule has 0 spiro atoms. The molecule has 1 aromatic rings. The fourth-order valence-corrected chi connectivity index (χ4v) is 1.49. The Balaban J connectivity index is 2.63. The average molecular weight is 238 g/mol. The van der Waals surface area contributed by atoms with Gasteiger partial charge in [-0.05, 0) is 30.9 Å². The number of aryl methyl sites for hydroxylation is 1. The summed E-state index contributed by atoms with van der Waals surface area (Å²) in [6.45, 7) is 1.18. The highest BCUT2D eigenvalue weighted by molar-refractivity contribution is 5.74. The fourth-order valence-electron chi connectivity index (χ4n) is 1.49. The molecule has 0 aromatic heterocycles. The van der Waals surface area contributed by atoms with E-state index in [4.69, 9.17) is 15.3 Å². The standard InChI is InChI=1S/C13H18O4/c1-13(9-15,12(16)17)7-6-10-2-4-11(8-14)5-3-10/h2-5,14-15H,6-9H2,1H3,(H,16,17). The molecule has 0 radical (unpaired) electrons. The first-order chi connectivity index (χ1) is 8.01. The topological polar surface area (TPSA) is 77.8 Å². The molecule has 17 heavy (non-hydrogen) atoms. The lowest BCUT2D eigenvalue weighted by atomic mass is 9.85. The Bertz CT molecular complexity index is 372. The maximum Gasteiger partial charge on any atom is 0.311 e. The second-order valence-corrected chi connectivity index (χ2v) is 4.50. The van der Waals surface area contributed by atoms with Crippen LogP contribution in [-0.4, -0.2) is 27.9 Å². The number of carboxylic acids is 1. The van der Waals surface area contributed by atoms with Crippen LogP contribution in [0.2, 0.25) is 0 Å². The fraction of sp³-hybridized carbons (Fsp3) is 0.462. The second kappa shape index (κ2) is 5.80. The molecule has 0 aliphatic carbocycles. The Labute approximate surface area is 101 Å². The molecule has 0 bridgehead atoms. The van der Waals surface area contributed by atoms with Crippen LogP contribution in [0.3, 0.4) is 0 Å². The Kier molecular flexibility index (Phi) is 4.66. The summed E-state index contributed by atoms with van der Waals surface area (Å²) in [7, 11) is 0. The van der Waals surface area contributed by atoms with E-state index >= 15 is 0 Å². The quantitative estimate of drug-likeness (QED) is 0.695. The lowest BCUT2D eigenvalue weighted by molar-refractivity contribution is -0.150. The molecule has 0 amide bonds. The first-order valence-corrected chi connectivity index (χ1v) is 5.55. The van der Waals surface area contributed by atoms with E-state index in [0.29, 0.717) is 12.8 Å². The van der Waals surface area contributed by atoms with Crippen LogP contribution in [-0.2, 0) is 17.8 Å². The first kappa shape index (κ1) is 13.7. The molecule has 0 saturated carbocycles. The zero-order valence-corrected chi connectivity index (χ0v) is 9.89. The highest BCUT2D eigenvalue weighted by Crippen LogP contribution is 2.23. The molecule has 0 saturated heterocycles. The van der Waals surface area contributed by atoms with Gasteiger partial charge in [0.2, 0.25) is 0 Å². The van der Waals surface area contributed by atoms with Gasteiger partial charge >= 0.3 is 5.97 Å². The minimum atomic E-state index is -1.09. The zero-order valence-electron chi connectivity index (χ0n) is 9.89. The van der Waals surface area contributed by atoms with Crippen molar-refractivity contribution >= 4 is 5.97 Å². The van der Waals surface area contributed by atoms with Crippen LogP contribution in [0.1, 0.15) is 24.5 Å². The SMILES string of the molecule is CC(CO)(CCc1ccc(CO)cc1)C(=O)O. The van der Waals surface area contributed by atoms with Gasteiger partial charge in [0.15, 0.2) is 0 Å². The van der Waals surface area contributed by atoms with Crippen molar-refractivity contribution in [3.8, 4) is 0 Å². The maximum atomic E-state index is 11.0. The van der Waals surface area contributed by atoms with Crippen LogP contribution in [0, 0.1) is 5.41 Å². The van der Waals surface area contributed by atoms with Crippen molar-refractivity contribution in [2.24, 2.45) is 5.41 Å². The normalized spacial score (nSPS) is 14.3. The van der Waals surface area contributed by atoms with Gasteiger partial charge in [-0.1, -0.05) is 24.3 Å². The third kappa shape index (κ3) is 3.54. The monoisotopic (exact) mass is 238 g/mol. The zero-order chi connectivity index (χ0) is 12.9. The van der Waals surface area contributed by atoms with Gasteiger partial charge in [-0.25, -0.2) is 0 Å². The number of aliphatic carboxylic acids is 1. The van der Waals surface area contributed by atoms with E-state index in [1.165, 1.54) is 6.92 Å². The molecule has 0 aliphatic heterocycles. The van der Waals surface area contributed by atoms with Crippen molar-refractivity contribution < 1.29 is 20.1 Å². The molecule has 3 N–H and O–H groups in total. The Morgan fingerprint density at radius 2 is 1.71 bits per heavy atom. The number of aliphatic hydroxyl groups is 2. The van der Waals surface area contributed by atoms with Crippen molar-refractivity contribution in [2.45, 2.75) is 26.4 Å². The molecule has 0 aliphatic rings. The number of carboxylic acid groups (broad SMARTS) is 1. The summed E-state index contributed by atoms with van der Waals surface area (Å²) in [6.07, 6.45) is 0.979. The molecule has 94 valence electrons. The largest absolute Gasteiger partial charge is 0.481 e. The van der Waals surface area contributed by atoms with Gasteiger partial charge in [0.1, 0.15) is 0 Å². The first-order valence-electron chi connectivity index (χ1n) is 5.55. The lowest BCUT2D eigenvalue weighted by Crippen LogP contribution is -2.32. The van der Waals surface area contributed by atoms with Gasteiger partial charge in [0.25, 0.3) is 0 Å². The Morgan fingerprint density at radius 1 is 1.18 bits per heavy atom. The van der Waals surface area contributed by atoms with E-state index in [-0.39, 0.29) is 13.2 Å². The maximum absolute atomic E-state index is 11.0. The minimum absolute atomic E-state index is 0.00373. The Morgan fingerprint density at radius 3 is 2.12 bits per heavy atom. The third-order valence-corrected chi connectivity index (χ3v) is 3.04. The van der Waals surface area contributed by atoms with Gasteiger partial charge in [-0.3, -0.25) is 4.79 Å². The molecular formula is C13H18O4. The minimum Gasteiger partial charge on any atom is -0.481 e. The van der Waals surface area contributed by atoms with Crippen molar-refractivity contribution in [1.82, 2.24) is 0 Å². The molecular weight excluding hydrogens is 220 g/mol. The van der Waals surface area contributed by atoms with Crippen molar-refractivity contribution in [3.05, 3.63) is 35.4 Å². The number of hydrogen-bond donors (Lipinski definition) is 3. The van der Waals surface area contributed by atoms with E-state index in [1.54, 1.807) is 0 Å². The third-order valence-electron chi connectivity index (χ3n) is 3.04. The number of carbonyl (C=O) groups is 1. The average Bonchev–Trinajstić information content (AvgIpc) is 2.36. The number of rotatable bonds is 6. The lowest BCUT2D eigenvalue weighted by Gasteiger charge is -2.21. The van der Waals surface area contributed by atoms with Crippen LogP contribution in [0.4, 0.5) is 0 Å². The van der Waals surface area contributed by atoms with Gasteiger partial charge in [0.05, 0.1) is 18.6 Å². The molecule has 4 heteroatoms. The van der Waals surface area contributed by atoms with Crippen LogP contribution in [0.25, 0.3) is 0 Å². The summed E-state index contributed by atoms with van der Waals surface area (Å²) in [5.74, 6) is -0.980. The number of hydrogen-bond acceptors (Lipinski definition) is 3. The van der Waals surface area contributed by atoms with Gasteiger partial charge < -0.3 is 15.3 Å². The molecule has 4 nitrogen and oxygen atoms in total. The molecule has 0 heterocycles. The van der Waals surface area contributed by atoms with Gasteiger partial charge in [-0.15, -0.1) is 0 Å². The number of aliphatic hydroxyl groups excluding tert-OH is 2. The number of benzene rings is 1. The van der Waals surface area contributed by atoms with Crippen molar-refractivity contribution in [1.29, 1.82) is 0 Å². The summed E-state index contributed by atoms with van der Waals surface area (Å²) < 4.78 is 0. The van der Waals surface area contributed by atoms with E-state index in [9.17, 15) is 4.79 Å². The van der Waals surface area contributed by atoms with E-state index in [0.717, 1.165) is 11.1 Å². The molecule has 1 aromatic carbocycles. The van der Waals surface area contributed by atoms with Crippen molar-refractivity contribution in [2.75, 3.05) is 6.61 Å². The van der Waals surface area contributed by atoms with E-state index in [2.05, 4.69) is 0 Å². The molecule has 1 rings (SSSR count). The van der Waals surface area contributed by atoms with Crippen LogP contribution in [0.5, 0.6) is 0 Å². The summed E-state index contributed by atoms with van der Waals surface area (Å²) in [5, 5.41) is 27.0. The predicted molar refractivity (Wildman–Crippen MR) is 63.5 cm³/mol. The molecule has 1 unspecified atom stereocenters. The van der Waals surface area contributed by atoms with E-state index in [1.807, 2.05) is 24.3 Å².